The Labute approximate surface area is 165 Å². The zero-order valence-corrected chi connectivity index (χ0v) is 16.5. The first-order valence-corrected chi connectivity index (χ1v) is 9.45. The maximum absolute atomic E-state index is 12.8. The molecule has 2 aromatic carbocycles. The van der Waals surface area contributed by atoms with Crippen LogP contribution in [0.5, 0.6) is 0 Å². The van der Waals surface area contributed by atoms with Gasteiger partial charge >= 0.3 is 6.03 Å². The van der Waals surface area contributed by atoms with E-state index in [0.717, 1.165) is 16.8 Å². The average molecular weight is 381 g/mol. The van der Waals surface area contributed by atoms with Crippen molar-refractivity contribution in [1.82, 2.24) is 5.32 Å². The molecule has 0 aromatic heterocycles. The summed E-state index contributed by atoms with van der Waals surface area (Å²) in [6.07, 6.45) is 0.451. The molecule has 6 nitrogen and oxygen atoms in total. The predicted molar refractivity (Wildman–Crippen MR) is 110 cm³/mol. The van der Waals surface area contributed by atoms with Gasteiger partial charge < -0.3 is 20.6 Å². The first kappa shape index (κ1) is 19.9. The van der Waals surface area contributed by atoms with Gasteiger partial charge in [0.25, 0.3) is 0 Å². The molecule has 1 aliphatic heterocycles. The molecule has 0 saturated heterocycles. The second-order valence-corrected chi connectivity index (χ2v) is 8.17. The number of amides is 3. The van der Waals surface area contributed by atoms with Gasteiger partial charge in [0.05, 0.1) is 19.1 Å². The van der Waals surface area contributed by atoms with E-state index >= 15 is 0 Å². The van der Waals surface area contributed by atoms with E-state index in [-0.39, 0.29) is 24.1 Å². The molecule has 3 amide bonds. The second-order valence-electron chi connectivity index (χ2n) is 8.17. The molecule has 3 rings (SSSR count). The molecule has 0 bridgehead atoms. The SMILES string of the molecule is CC(C)(C)NC(=O)Nc1ccc2c(c1)CC(CO)C(=O)N2Cc1ccccc1. The highest BCUT2D eigenvalue weighted by atomic mass is 16.3. The van der Waals surface area contributed by atoms with E-state index in [1.165, 1.54) is 0 Å². The molecule has 28 heavy (non-hydrogen) atoms. The molecule has 1 heterocycles. The number of aliphatic hydroxyl groups is 1. The van der Waals surface area contributed by atoms with Crippen molar-refractivity contribution in [2.45, 2.75) is 39.3 Å². The van der Waals surface area contributed by atoms with E-state index in [4.69, 9.17) is 0 Å². The Hall–Kier alpha value is -2.86. The number of benzene rings is 2. The molecule has 1 aliphatic rings. The van der Waals surface area contributed by atoms with Gasteiger partial charge in [-0.3, -0.25) is 4.79 Å². The number of fused-ring (bicyclic) bond motifs is 1. The first-order valence-electron chi connectivity index (χ1n) is 9.45. The maximum atomic E-state index is 12.8. The van der Waals surface area contributed by atoms with Crippen molar-refractivity contribution in [2.75, 3.05) is 16.8 Å². The lowest BCUT2D eigenvalue weighted by Crippen LogP contribution is -2.43. The van der Waals surface area contributed by atoms with Gasteiger partial charge in [0.15, 0.2) is 0 Å². The zero-order chi connectivity index (χ0) is 20.3. The van der Waals surface area contributed by atoms with E-state index in [1.54, 1.807) is 11.0 Å². The number of nitrogens with zero attached hydrogens (tertiary/aromatic N) is 1. The van der Waals surface area contributed by atoms with Crippen LogP contribution < -0.4 is 15.5 Å². The fourth-order valence-electron chi connectivity index (χ4n) is 3.36. The van der Waals surface area contributed by atoms with Crippen LogP contribution in [0.2, 0.25) is 0 Å². The molecule has 0 saturated carbocycles. The zero-order valence-electron chi connectivity index (χ0n) is 16.5. The average Bonchev–Trinajstić information content (AvgIpc) is 2.63. The largest absolute Gasteiger partial charge is 0.396 e. The van der Waals surface area contributed by atoms with Crippen molar-refractivity contribution < 1.29 is 14.7 Å². The Kier molecular flexibility index (Phi) is 5.70. The minimum Gasteiger partial charge on any atom is -0.396 e. The third-order valence-electron chi connectivity index (χ3n) is 4.60. The van der Waals surface area contributed by atoms with Crippen LogP contribution in [0.4, 0.5) is 16.2 Å². The highest BCUT2D eigenvalue weighted by molar-refractivity contribution is 5.99. The fourth-order valence-corrected chi connectivity index (χ4v) is 3.36. The molecule has 6 heteroatoms. The fraction of sp³-hybridized carbons (Fsp3) is 0.364. The number of nitrogens with one attached hydrogen (secondary N) is 2. The van der Waals surface area contributed by atoms with Crippen molar-refractivity contribution in [1.29, 1.82) is 0 Å². The van der Waals surface area contributed by atoms with Gasteiger partial charge in [-0.1, -0.05) is 30.3 Å². The predicted octanol–water partition coefficient (Wildman–Crippen LogP) is 3.30. The molecular formula is C22H27N3O3. The molecule has 1 unspecified atom stereocenters. The number of hydrogen-bond acceptors (Lipinski definition) is 3. The number of aliphatic hydroxyl groups excluding tert-OH is 1. The maximum Gasteiger partial charge on any atom is 0.319 e. The lowest BCUT2D eigenvalue weighted by atomic mass is 9.91. The van der Waals surface area contributed by atoms with Gasteiger partial charge in [-0.25, -0.2) is 4.79 Å². The van der Waals surface area contributed by atoms with Crippen molar-refractivity contribution >= 4 is 23.3 Å². The molecule has 3 N–H and O–H groups in total. The number of carbonyl (C=O) groups is 2. The van der Waals surface area contributed by atoms with Gasteiger partial charge in [0.1, 0.15) is 0 Å². The number of hydrogen-bond donors (Lipinski definition) is 3. The molecule has 0 fully saturated rings. The van der Waals surface area contributed by atoms with E-state index in [1.807, 2.05) is 63.2 Å². The van der Waals surface area contributed by atoms with Crippen LogP contribution in [0.15, 0.2) is 48.5 Å². The van der Waals surface area contributed by atoms with E-state index in [2.05, 4.69) is 10.6 Å². The van der Waals surface area contributed by atoms with Crippen molar-refractivity contribution in [2.24, 2.45) is 5.92 Å². The van der Waals surface area contributed by atoms with E-state index in [9.17, 15) is 14.7 Å². The van der Waals surface area contributed by atoms with Crippen LogP contribution in [0.1, 0.15) is 31.9 Å². The van der Waals surface area contributed by atoms with Gasteiger partial charge in [-0.05, 0) is 56.5 Å². The number of carbonyl (C=O) groups excluding carboxylic acids is 2. The highest BCUT2D eigenvalue weighted by Gasteiger charge is 2.32. The van der Waals surface area contributed by atoms with Crippen LogP contribution in [0.25, 0.3) is 0 Å². The Balaban J connectivity index is 1.86. The summed E-state index contributed by atoms with van der Waals surface area (Å²) in [5.74, 6) is -0.556. The minimum atomic E-state index is -0.477. The molecule has 0 aliphatic carbocycles. The summed E-state index contributed by atoms with van der Waals surface area (Å²) in [5.41, 5.74) is 3.10. The Morgan fingerprint density at radius 1 is 1.18 bits per heavy atom. The normalized spacial score (nSPS) is 16.5. The third kappa shape index (κ3) is 4.70. The Morgan fingerprint density at radius 2 is 1.89 bits per heavy atom. The summed E-state index contributed by atoms with van der Waals surface area (Å²) >= 11 is 0. The third-order valence-corrected chi connectivity index (χ3v) is 4.60. The van der Waals surface area contributed by atoms with Gasteiger partial charge in [-0.2, -0.15) is 0 Å². The van der Waals surface area contributed by atoms with E-state index in [0.29, 0.717) is 18.7 Å². The van der Waals surface area contributed by atoms with Crippen LogP contribution in [0.3, 0.4) is 0 Å². The van der Waals surface area contributed by atoms with Gasteiger partial charge in [0.2, 0.25) is 5.91 Å². The van der Waals surface area contributed by atoms with Crippen LogP contribution in [-0.2, 0) is 17.8 Å². The van der Waals surface area contributed by atoms with E-state index < -0.39 is 5.92 Å². The Bertz CT molecular complexity index is 859. The lowest BCUT2D eigenvalue weighted by molar-refractivity contribution is -0.124. The number of rotatable bonds is 4. The monoisotopic (exact) mass is 381 g/mol. The lowest BCUT2D eigenvalue weighted by Gasteiger charge is -2.34. The molecular weight excluding hydrogens is 354 g/mol. The summed E-state index contributed by atoms with van der Waals surface area (Å²) in [5, 5.41) is 15.4. The quantitative estimate of drug-likeness (QED) is 0.760. The highest BCUT2D eigenvalue weighted by Crippen LogP contribution is 2.33. The molecule has 1 atom stereocenters. The number of anilines is 2. The van der Waals surface area contributed by atoms with Crippen LogP contribution in [-0.4, -0.2) is 29.2 Å². The summed E-state index contributed by atoms with van der Waals surface area (Å²) in [6, 6.07) is 15.0. The molecule has 0 spiro atoms. The molecule has 0 radical (unpaired) electrons. The summed E-state index contributed by atoms with van der Waals surface area (Å²) in [6.45, 7) is 5.99. The Morgan fingerprint density at radius 3 is 2.54 bits per heavy atom. The minimum absolute atomic E-state index is 0.0787. The van der Waals surface area contributed by atoms with Crippen molar-refractivity contribution in [3.63, 3.8) is 0 Å². The topological polar surface area (TPSA) is 81.7 Å². The molecule has 148 valence electrons. The van der Waals surface area contributed by atoms with Gasteiger partial charge in [0, 0.05) is 16.9 Å². The first-order chi connectivity index (χ1) is 13.3. The van der Waals surface area contributed by atoms with Gasteiger partial charge in [-0.15, -0.1) is 0 Å². The van der Waals surface area contributed by atoms with Crippen molar-refractivity contribution in [3.05, 3.63) is 59.7 Å². The second kappa shape index (κ2) is 8.02. The van der Waals surface area contributed by atoms with Crippen LogP contribution >= 0.6 is 0 Å². The standard InChI is InChI=1S/C22H27N3O3/c1-22(2,3)24-21(28)23-18-9-10-19-16(12-18)11-17(14-26)20(27)25(19)13-15-7-5-4-6-8-15/h4-10,12,17,26H,11,13-14H2,1-3H3,(H2,23,24,28). The van der Waals surface area contributed by atoms with Crippen LogP contribution in [0, 0.1) is 5.92 Å². The summed E-state index contributed by atoms with van der Waals surface area (Å²) < 4.78 is 0. The van der Waals surface area contributed by atoms with Crippen molar-refractivity contribution in [3.8, 4) is 0 Å². The summed E-state index contributed by atoms with van der Waals surface area (Å²) in [7, 11) is 0. The number of urea groups is 1. The smallest absolute Gasteiger partial charge is 0.319 e. The molecule has 2 aromatic rings. The summed E-state index contributed by atoms with van der Waals surface area (Å²) in [4.78, 5) is 26.7.